The second-order valence-electron chi connectivity index (χ2n) is 5.11. The van der Waals surface area contributed by atoms with E-state index in [1.54, 1.807) is 10.9 Å². The molecule has 0 spiro atoms. The van der Waals surface area contributed by atoms with Crippen LogP contribution in [0.3, 0.4) is 0 Å². The third kappa shape index (κ3) is 2.60. The summed E-state index contributed by atoms with van der Waals surface area (Å²) in [6.07, 6.45) is 3.44. The predicted molar refractivity (Wildman–Crippen MR) is 85.5 cm³/mol. The van der Waals surface area contributed by atoms with Crippen LogP contribution in [0.15, 0.2) is 60.9 Å². The molecule has 0 unspecified atom stereocenters. The molecule has 8 nitrogen and oxygen atoms in total. The number of carbonyl (C=O) groups excluding carboxylic acids is 1. The number of nitrogens with zero attached hydrogens (tertiary/aromatic N) is 6. The number of aromatic nitrogens is 6. The van der Waals surface area contributed by atoms with Gasteiger partial charge in [-0.1, -0.05) is 29.5 Å². The van der Waals surface area contributed by atoms with Gasteiger partial charge >= 0.3 is 0 Å². The molecule has 24 heavy (non-hydrogen) atoms. The Kier molecular flexibility index (Phi) is 3.47. The van der Waals surface area contributed by atoms with Gasteiger partial charge in [0.1, 0.15) is 0 Å². The minimum atomic E-state index is -0.315. The quantitative estimate of drug-likeness (QED) is 0.611. The van der Waals surface area contributed by atoms with Crippen LogP contribution in [0.4, 0.5) is 0 Å². The number of hydrogen-bond acceptors (Lipinski definition) is 5. The SMILES string of the molecule is O=C(NCc1nnc2ccccn12)c1cn(-c2ccccc2)nn1. The van der Waals surface area contributed by atoms with Crippen molar-refractivity contribution in [3.8, 4) is 5.69 Å². The van der Waals surface area contributed by atoms with E-state index in [4.69, 9.17) is 0 Å². The first kappa shape index (κ1) is 14.1. The lowest BCUT2D eigenvalue weighted by Crippen LogP contribution is -2.24. The smallest absolute Gasteiger partial charge is 0.273 e. The van der Waals surface area contributed by atoms with Crippen molar-refractivity contribution in [1.82, 2.24) is 34.9 Å². The van der Waals surface area contributed by atoms with Gasteiger partial charge in [-0.05, 0) is 24.3 Å². The molecule has 1 amide bonds. The van der Waals surface area contributed by atoms with Crippen molar-refractivity contribution in [3.63, 3.8) is 0 Å². The van der Waals surface area contributed by atoms with Crippen molar-refractivity contribution in [2.45, 2.75) is 6.54 Å². The number of amides is 1. The molecule has 1 N–H and O–H groups in total. The molecule has 1 aromatic carbocycles. The van der Waals surface area contributed by atoms with Crippen molar-refractivity contribution in [2.75, 3.05) is 0 Å². The van der Waals surface area contributed by atoms with Crippen molar-refractivity contribution in [2.24, 2.45) is 0 Å². The summed E-state index contributed by atoms with van der Waals surface area (Å²) in [5.41, 5.74) is 1.82. The van der Waals surface area contributed by atoms with Gasteiger partial charge in [0.2, 0.25) is 0 Å². The molecule has 0 fully saturated rings. The van der Waals surface area contributed by atoms with Gasteiger partial charge in [0.05, 0.1) is 18.4 Å². The van der Waals surface area contributed by atoms with Crippen molar-refractivity contribution < 1.29 is 4.79 Å². The van der Waals surface area contributed by atoms with Crippen molar-refractivity contribution in [1.29, 1.82) is 0 Å². The van der Waals surface area contributed by atoms with Crippen LogP contribution in [0, 0.1) is 0 Å². The van der Waals surface area contributed by atoms with E-state index < -0.39 is 0 Å². The first-order valence-corrected chi connectivity index (χ1v) is 7.36. The normalized spacial score (nSPS) is 10.8. The number of pyridine rings is 1. The highest BCUT2D eigenvalue weighted by molar-refractivity contribution is 5.91. The van der Waals surface area contributed by atoms with Crippen LogP contribution in [0.5, 0.6) is 0 Å². The van der Waals surface area contributed by atoms with Crippen LogP contribution < -0.4 is 5.32 Å². The van der Waals surface area contributed by atoms with Gasteiger partial charge in [-0.15, -0.1) is 15.3 Å². The van der Waals surface area contributed by atoms with Gasteiger partial charge in [-0.25, -0.2) is 4.68 Å². The van der Waals surface area contributed by atoms with E-state index in [9.17, 15) is 4.79 Å². The van der Waals surface area contributed by atoms with Gasteiger partial charge in [0.25, 0.3) is 5.91 Å². The van der Waals surface area contributed by atoms with E-state index in [1.165, 1.54) is 0 Å². The highest BCUT2D eigenvalue weighted by Gasteiger charge is 2.13. The van der Waals surface area contributed by atoms with Crippen LogP contribution in [0.25, 0.3) is 11.3 Å². The molecule has 0 bridgehead atoms. The molecule has 0 atom stereocenters. The lowest BCUT2D eigenvalue weighted by atomic mass is 10.3. The summed E-state index contributed by atoms with van der Waals surface area (Å²) in [6.45, 7) is 0.252. The summed E-state index contributed by atoms with van der Waals surface area (Å²) < 4.78 is 3.38. The fraction of sp³-hybridized carbons (Fsp3) is 0.0625. The van der Waals surface area contributed by atoms with E-state index >= 15 is 0 Å². The number of carbonyl (C=O) groups is 1. The second kappa shape index (κ2) is 5.92. The Labute approximate surface area is 136 Å². The Bertz CT molecular complexity index is 990. The first-order chi connectivity index (χ1) is 11.8. The number of benzene rings is 1. The molecular weight excluding hydrogens is 306 g/mol. The van der Waals surface area contributed by atoms with E-state index in [-0.39, 0.29) is 18.1 Å². The number of nitrogens with one attached hydrogen (secondary N) is 1. The van der Waals surface area contributed by atoms with E-state index in [0.29, 0.717) is 5.82 Å². The van der Waals surface area contributed by atoms with Gasteiger partial charge in [-0.3, -0.25) is 9.20 Å². The molecule has 0 aliphatic carbocycles. The fourth-order valence-electron chi connectivity index (χ4n) is 2.34. The zero-order valence-electron chi connectivity index (χ0n) is 12.6. The van der Waals surface area contributed by atoms with E-state index in [0.717, 1.165) is 11.3 Å². The van der Waals surface area contributed by atoms with Gasteiger partial charge in [-0.2, -0.15) is 0 Å². The van der Waals surface area contributed by atoms with E-state index in [2.05, 4.69) is 25.8 Å². The van der Waals surface area contributed by atoms with Gasteiger partial charge in [0.15, 0.2) is 17.2 Å². The van der Waals surface area contributed by atoms with Gasteiger partial charge < -0.3 is 5.32 Å². The lowest BCUT2D eigenvalue weighted by Gasteiger charge is -2.01. The maximum atomic E-state index is 12.2. The fourth-order valence-corrected chi connectivity index (χ4v) is 2.34. The number of rotatable bonds is 4. The van der Waals surface area contributed by atoms with Crippen LogP contribution in [-0.4, -0.2) is 35.5 Å². The summed E-state index contributed by atoms with van der Waals surface area (Å²) in [6, 6.07) is 15.1. The highest BCUT2D eigenvalue weighted by Crippen LogP contribution is 2.06. The zero-order valence-corrected chi connectivity index (χ0v) is 12.6. The predicted octanol–water partition coefficient (Wildman–Crippen LogP) is 1.24. The molecular formula is C16H13N7O. The Hall–Kier alpha value is -3.55. The molecule has 118 valence electrons. The van der Waals surface area contributed by atoms with Gasteiger partial charge in [0, 0.05) is 6.20 Å². The lowest BCUT2D eigenvalue weighted by molar-refractivity contribution is 0.0944. The number of hydrogen-bond donors (Lipinski definition) is 1. The number of para-hydroxylation sites is 1. The average Bonchev–Trinajstić information content (AvgIpc) is 3.28. The standard InChI is InChI=1S/C16H13N7O/c24-16(13-11-23(21-18-13)12-6-2-1-3-7-12)17-10-15-20-19-14-8-4-5-9-22(14)15/h1-9,11H,10H2,(H,17,24). The Balaban J connectivity index is 1.48. The Morgan fingerprint density at radius 1 is 1.00 bits per heavy atom. The number of fused-ring (bicyclic) bond motifs is 1. The summed E-state index contributed by atoms with van der Waals surface area (Å²) in [5.74, 6) is 0.333. The second-order valence-corrected chi connectivity index (χ2v) is 5.11. The third-order valence-corrected chi connectivity index (χ3v) is 3.54. The first-order valence-electron chi connectivity index (χ1n) is 7.36. The van der Waals surface area contributed by atoms with Crippen molar-refractivity contribution >= 4 is 11.6 Å². The molecule has 4 rings (SSSR count). The van der Waals surface area contributed by atoms with Crippen LogP contribution >= 0.6 is 0 Å². The topological polar surface area (TPSA) is 90.0 Å². The monoisotopic (exact) mass is 319 g/mol. The molecule has 0 aliphatic rings. The Morgan fingerprint density at radius 3 is 2.71 bits per heavy atom. The summed E-state index contributed by atoms with van der Waals surface area (Å²) >= 11 is 0. The maximum absolute atomic E-state index is 12.2. The Morgan fingerprint density at radius 2 is 1.83 bits per heavy atom. The minimum absolute atomic E-state index is 0.243. The molecule has 0 saturated heterocycles. The minimum Gasteiger partial charge on any atom is -0.343 e. The maximum Gasteiger partial charge on any atom is 0.273 e. The molecule has 4 aromatic rings. The highest BCUT2D eigenvalue weighted by atomic mass is 16.2. The molecule has 0 radical (unpaired) electrons. The molecule has 8 heteroatoms. The van der Waals surface area contributed by atoms with Crippen LogP contribution in [0.1, 0.15) is 16.3 Å². The summed E-state index contributed by atoms with van der Waals surface area (Å²) in [7, 11) is 0. The molecule has 3 aromatic heterocycles. The summed E-state index contributed by atoms with van der Waals surface area (Å²) in [5, 5.41) is 18.8. The molecule has 0 aliphatic heterocycles. The zero-order chi connectivity index (χ0) is 16.4. The third-order valence-electron chi connectivity index (χ3n) is 3.54. The largest absolute Gasteiger partial charge is 0.343 e. The van der Waals surface area contributed by atoms with E-state index in [1.807, 2.05) is 59.1 Å². The van der Waals surface area contributed by atoms with Crippen LogP contribution in [0.2, 0.25) is 0 Å². The molecule has 0 saturated carbocycles. The average molecular weight is 319 g/mol. The summed E-state index contributed by atoms with van der Waals surface area (Å²) in [4.78, 5) is 12.2. The van der Waals surface area contributed by atoms with Crippen molar-refractivity contribution in [3.05, 3.63) is 72.4 Å². The molecule has 3 heterocycles. The van der Waals surface area contributed by atoms with Crippen LogP contribution in [-0.2, 0) is 6.54 Å².